The quantitative estimate of drug-likeness (QED) is 0.871. The zero-order chi connectivity index (χ0) is 10.1. The van der Waals surface area contributed by atoms with Gasteiger partial charge in [0.05, 0.1) is 0 Å². The Morgan fingerprint density at radius 3 is 2.57 bits per heavy atom. The summed E-state index contributed by atoms with van der Waals surface area (Å²) in [6.07, 6.45) is 2.74. The molecule has 0 radical (unpaired) electrons. The summed E-state index contributed by atoms with van der Waals surface area (Å²) >= 11 is 3.55. The van der Waals surface area contributed by atoms with Crippen LogP contribution in [0.5, 0.6) is 0 Å². The van der Waals surface area contributed by atoms with Crippen molar-refractivity contribution >= 4 is 15.9 Å². The Morgan fingerprint density at radius 1 is 1.36 bits per heavy atom. The molecule has 1 aliphatic carbocycles. The fourth-order valence-electron chi connectivity index (χ4n) is 2.05. The van der Waals surface area contributed by atoms with Gasteiger partial charge in [-0.25, -0.2) is 0 Å². The van der Waals surface area contributed by atoms with Crippen molar-refractivity contribution < 1.29 is 0 Å². The van der Waals surface area contributed by atoms with Crippen LogP contribution in [-0.2, 0) is 0 Å². The molecule has 2 heteroatoms. The van der Waals surface area contributed by atoms with Gasteiger partial charge in [-0.15, -0.1) is 0 Å². The fourth-order valence-corrected chi connectivity index (χ4v) is 2.67. The van der Waals surface area contributed by atoms with Gasteiger partial charge in [-0.2, -0.15) is 0 Å². The second-order valence-corrected chi connectivity index (χ2v) is 5.08. The van der Waals surface area contributed by atoms with E-state index >= 15 is 0 Å². The Morgan fingerprint density at radius 2 is 2.07 bits per heavy atom. The van der Waals surface area contributed by atoms with Crippen molar-refractivity contribution in [1.82, 2.24) is 5.32 Å². The van der Waals surface area contributed by atoms with Crippen LogP contribution < -0.4 is 5.32 Å². The first-order chi connectivity index (χ1) is 6.70. The Balaban J connectivity index is 2.28. The van der Waals surface area contributed by atoms with Gasteiger partial charge in [0.1, 0.15) is 0 Å². The Labute approximate surface area is 94.0 Å². The third kappa shape index (κ3) is 2.18. The van der Waals surface area contributed by atoms with Crippen LogP contribution in [0.1, 0.15) is 30.0 Å². The molecule has 0 heterocycles. The molecule has 2 rings (SSSR count). The van der Waals surface area contributed by atoms with Crippen molar-refractivity contribution in [2.24, 2.45) is 5.92 Å². The van der Waals surface area contributed by atoms with Crippen LogP contribution in [0.3, 0.4) is 0 Å². The van der Waals surface area contributed by atoms with Gasteiger partial charge >= 0.3 is 0 Å². The summed E-state index contributed by atoms with van der Waals surface area (Å²) < 4.78 is 1.19. The summed E-state index contributed by atoms with van der Waals surface area (Å²) in [6, 6.07) is 7.21. The largest absolute Gasteiger partial charge is 0.313 e. The minimum Gasteiger partial charge on any atom is -0.313 e. The fraction of sp³-hybridized carbons (Fsp3) is 0.500. The molecule has 0 spiro atoms. The smallest absolute Gasteiger partial charge is 0.0346 e. The first-order valence-corrected chi connectivity index (χ1v) is 5.94. The summed E-state index contributed by atoms with van der Waals surface area (Å²) in [5.74, 6) is 0.855. The van der Waals surface area contributed by atoms with Crippen LogP contribution in [0.25, 0.3) is 0 Å². The molecule has 0 amide bonds. The third-order valence-electron chi connectivity index (χ3n) is 2.83. The maximum atomic E-state index is 3.55. The van der Waals surface area contributed by atoms with Crippen LogP contribution >= 0.6 is 15.9 Å². The maximum Gasteiger partial charge on any atom is 0.0346 e. The van der Waals surface area contributed by atoms with Crippen LogP contribution in [0.4, 0.5) is 0 Å². The van der Waals surface area contributed by atoms with Gasteiger partial charge in [-0.3, -0.25) is 0 Å². The summed E-state index contributed by atoms with van der Waals surface area (Å²) in [5, 5.41) is 3.41. The molecule has 1 unspecified atom stereocenters. The van der Waals surface area contributed by atoms with Crippen LogP contribution in [0.15, 0.2) is 22.7 Å². The monoisotopic (exact) mass is 253 g/mol. The molecule has 1 fully saturated rings. The van der Waals surface area contributed by atoms with E-state index in [-0.39, 0.29) is 0 Å². The highest BCUT2D eigenvalue weighted by molar-refractivity contribution is 9.10. The molecule has 1 aromatic carbocycles. The molecule has 0 saturated heterocycles. The molecule has 76 valence electrons. The zero-order valence-corrected chi connectivity index (χ0v) is 10.3. The number of benzene rings is 1. The zero-order valence-electron chi connectivity index (χ0n) is 8.68. The first-order valence-electron chi connectivity index (χ1n) is 5.15. The molecule has 0 aromatic heterocycles. The number of rotatable bonds is 3. The van der Waals surface area contributed by atoms with E-state index in [2.05, 4.69) is 53.4 Å². The summed E-state index contributed by atoms with van der Waals surface area (Å²) in [5.41, 5.74) is 2.75. The highest BCUT2D eigenvalue weighted by atomic mass is 79.9. The molecule has 1 aliphatic rings. The second kappa shape index (κ2) is 4.03. The lowest BCUT2D eigenvalue weighted by Gasteiger charge is -2.16. The average molecular weight is 254 g/mol. The van der Waals surface area contributed by atoms with E-state index in [1.807, 2.05) is 0 Å². The second-order valence-electron chi connectivity index (χ2n) is 4.17. The Hall–Kier alpha value is -0.340. The number of nitrogens with one attached hydrogen (secondary N) is 1. The van der Waals surface area contributed by atoms with Crippen molar-refractivity contribution in [3.63, 3.8) is 0 Å². The van der Waals surface area contributed by atoms with E-state index in [0.717, 1.165) is 5.92 Å². The van der Waals surface area contributed by atoms with Gasteiger partial charge < -0.3 is 5.32 Å². The number of hydrogen-bond donors (Lipinski definition) is 1. The Bertz CT molecular complexity index is 311. The van der Waals surface area contributed by atoms with Crippen molar-refractivity contribution in [3.05, 3.63) is 33.8 Å². The van der Waals surface area contributed by atoms with E-state index in [0.29, 0.717) is 6.04 Å². The van der Waals surface area contributed by atoms with Gasteiger partial charge in [0, 0.05) is 10.5 Å². The number of aryl methyl sites for hydroxylation is 1. The molecule has 1 aromatic rings. The van der Waals surface area contributed by atoms with Gasteiger partial charge in [0.15, 0.2) is 0 Å². The number of hydrogen-bond acceptors (Lipinski definition) is 1. The van der Waals surface area contributed by atoms with E-state index in [4.69, 9.17) is 0 Å². The molecule has 1 atom stereocenters. The average Bonchev–Trinajstić information content (AvgIpc) is 2.87. The normalized spacial score (nSPS) is 18.2. The summed E-state index contributed by atoms with van der Waals surface area (Å²) in [6.45, 7) is 2.15. The maximum absolute atomic E-state index is 3.55. The molecule has 1 N–H and O–H groups in total. The molecular formula is C12H16BrN. The summed E-state index contributed by atoms with van der Waals surface area (Å²) in [4.78, 5) is 0. The van der Waals surface area contributed by atoms with Crippen molar-refractivity contribution in [2.45, 2.75) is 25.8 Å². The van der Waals surface area contributed by atoms with Crippen molar-refractivity contribution in [1.29, 1.82) is 0 Å². The molecular weight excluding hydrogens is 238 g/mol. The van der Waals surface area contributed by atoms with Gasteiger partial charge in [-0.1, -0.05) is 22.0 Å². The molecule has 14 heavy (non-hydrogen) atoms. The molecule has 0 bridgehead atoms. The molecule has 1 saturated carbocycles. The van der Waals surface area contributed by atoms with E-state index in [1.54, 1.807) is 0 Å². The van der Waals surface area contributed by atoms with E-state index in [9.17, 15) is 0 Å². The predicted molar refractivity (Wildman–Crippen MR) is 63.4 cm³/mol. The topological polar surface area (TPSA) is 12.0 Å². The lowest BCUT2D eigenvalue weighted by atomic mass is 10.0. The SMILES string of the molecule is CNC(c1cc(C)cc(Br)c1)C1CC1. The van der Waals surface area contributed by atoms with Crippen LogP contribution in [0, 0.1) is 12.8 Å². The van der Waals surface area contributed by atoms with Crippen LogP contribution in [-0.4, -0.2) is 7.05 Å². The number of halogens is 1. The lowest BCUT2D eigenvalue weighted by molar-refractivity contribution is 0.528. The summed E-state index contributed by atoms with van der Waals surface area (Å²) in [7, 11) is 2.05. The van der Waals surface area contributed by atoms with Gasteiger partial charge in [0.2, 0.25) is 0 Å². The third-order valence-corrected chi connectivity index (χ3v) is 3.29. The first kappa shape index (κ1) is 10.2. The highest BCUT2D eigenvalue weighted by Gasteiger charge is 2.31. The van der Waals surface area contributed by atoms with Crippen LogP contribution in [0.2, 0.25) is 0 Å². The van der Waals surface area contributed by atoms with E-state index in [1.165, 1.54) is 28.4 Å². The Kier molecular flexibility index (Phi) is 2.93. The van der Waals surface area contributed by atoms with Gasteiger partial charge in [0.25, 0.3) is 0 Å². The predicted octanol–water partition coefficient (Wildman–Crippen LogP) is 3.43. The molecule has 0 aliphatic heterocycles. The van der Waals surface area contributed by atoms with Crippen molar-refractivity contribution in [3.8, 4) is 0 Å². The highest BCUT2D eigenvalue weighted by Crippen LogP contribution is 2.41. The van der Waals surface area contributed by atoms with Crippen molar-refractivity contribution in [2.75, 3.05) is 7.05 Å². The minimum atomic E-state index is 0.547. The standard InChI is InChI=1S/C12H16BrN/c1-8-5-10(7-11(13)6-8)12(14-2)9-3-4-9/h5-7,9,12,14H,3-4H2,1-2H3. The van der Waals surface area contributed by atoms with E-state index < -0.39 is 0 Å². The minimum absolute atomic E-state index is 0.547. The van der Waals surface area contributed by atoms with Gasteiger partial charge in [-0.05, 0) is 56.0 Å². The lowest BCUT2D eigenvalue weighted by Crippen LogP contribution is -2.18. The molecule has 1 nitrogen and oxygen atoms in total.